The van der Waals surface area contributed by atoms with E-state index in [-0.39, 0.29) is 5.91 Å². The van der Waals surface area contributed by atoms with Crippen LogP contribution in [0.25, 0.3) is 6.08 Å². The van der Waals surface area contributed by atoms with E-state index in [1.807, 2.05) is 54.3 Å². The minimum absolute atomic E-state index is 0.00581. The smallest absolute Gasteiger partial charge is 0.251 e. The number of carbonyl (C=O) groups excluding carboxylic acids is 1. The van der Waals surface area contributed by atoms with E-state index < -0.39 is 0 Å². The van der Waals surface area contributed by atoms with Crippen molar-refractivity contribution in [2.45, 2.75) is 13.3 Å². The lowest BCUT2D eigenvalue weighted by atomic mass is 10.1. The number of benzene rings is 2. The zero-order chi connectivity index (χ0) is 16.9. The number of rotatable bonds is 5. The molecule has 0 saturated heterocycles. The minimum atomic E-state index is -0.00581. The second-order valence-corrected chi connectivity index (χ2v) is 5.55. The first-order valence-electron chi connectivity index (χ1n) is 8.11. The number of ether oxygens (including phenoxy) is 2. The molecule has 0 aliphatic carbocycles. The van der Waals surface area contributed by atoms with E-state index in [1.165, 1.54) is 5.56 Å². The maximum absolute atomic E-state index is 12.5. The van der Waals surface area contributed by atoms with Crippen LogP contribution in [0.15, 0.2) is 48.5 Å². The Balaban J connectivity index is 1.76. The van der Waals surface area contributed by atoms with Crippen molar-refractivity contribution in [2.75, 3.05) is 25.2 Å². The van der Waals surface area contributed by atoms with Crippen molar-refractivity contribution in [1.82, 2.24) is 0 Å². The van der Waals surface area contributed by atoms with Gasteiger partial charge in [0.15, 0.2) is 11.5 Å². The summed E-state index contributed by atoms with van der Waals surface area (Å²) in [6.07, 6.45) is 4.33. The topological polar surface area (TPSA) is 38.8 Å². The number of nitrogens with zero attached hydrogens (tertiary/aromatic N) is 1. The van der Waals surface area contributed by atoms with E-state index in [2.05, 4.69) is 6.07 Å². The van der Waals surface area contributed by atoms with Crippen molar-refractivity contribution in [3.63, 3.8) is 0 Å². The molecule has 1 aliphatic heterocycles. The Bertz CT molecular complexity index is 767. The maximum Gasteiger partial charge on any atom is 0.251 e. The van der Waals surface area contributed by atoms with Crippen LogP contribution >= 0.6 is 0 Å². The molecule has 0 bridgehead atoms. The van der Waals surface area contributed by atoms with Crippen LogP contribution in [0.5, 0.6) is 11.5 Å². The number of methoxy groups -OCH3 is 1. The summed E-state index contributed by atoms with van der Waals surface area (Å²) in [6, 6.07) is 13.7. The molecule has 2 aromatic carbocycles. The Morgan fingerprint density at radius 1 is 1.21 bits per heavy atom. The summed E-state index contributed by atoms with van der Waals surface area (Å²) in [5, 5.41) is 0. The van der Waals surface area contributed by atoms with Crippen molar-refractivity contribution in [2.24, 2.45) is 0 Å². The van der Waals surface area contributed by atoms with Crippen LogP contribution in [-0.4, -0.2) is 26.2 Å². The first-order valence-corrected chi connectivity index (χ1v) is 8.11. The molecular weight excluding hydrogens is 302 g/mol. The second kappa shape index (κ2) is 7.21. The van der Waals surface area contributed by atoms with Gasteiger partial charge in [-0.1, -0.05) is 24.3 Å². The molecule has 0 fully saturated rings. The van der Waals surface area contributed by atoms with Crippen molar-refractivity contribution in [1.29, 1.82) is 0 Å². The van der Waals surface area contributed by atoms with E-state index in [0.29, 0.717) is 18.1 Å². The van der Waals surface area contributed by atoms with Gasteiger partial charge in [-0.25, -0.2) is 0 Å². The average Bonchev–Trinajstić information content (AvgIpc) is 3.04. The van der Waals surface area contributed by atoms with Crippen molar-refractivity contribution < 1.29 is 14.3 Å². The van der Waals surface area contributed by atoms with E-state index in [1.54, 1.807) is 13.2 Å². The fourth-order valence-electron chi connectivity index (χ4n) is 2.89. The van der Waals surface area contributed by atoms with Gasteiger partial charge < -0.3 is 14.4 Å². The van der Waals surface area contributed by atoms with Gasteiger partial charge in [0.1, 0.15) is 0 Å². The summed E-state index contributed by atoms with van der Waals surface area (Å²) in [5.74, 6) is 1.36. The SMILES string of the molecule is CCOc1cc(/C=C/C(=O)N2CCc3ccccc32)ccc1OC. The van der Waals surface area contributed by atoms with E-state index >= 15 is 0 Å². The zero-order valence-electron chi connectivity index (χ0n) is 14.0. The van der Waals surface area contributed by atoms with Gasteiger partial charge in [0.25, 0.3) is 5.91 Å². The highest BCUT2D eigenvalue weighted by molar-refractivity contribution is 6.05. The highest BCUT2D eigenvalue weighted by atomic mass is 16.5. The molecule has 124 valence electrons. The maximum atomic E-state index is 12.5. The Hall–Kier alpha value is -2.75. The predicted octanol–water partition coefficient (Wildman–Crippen LogP) is 3.70. The number of para-hydroxylation sites is 1. The molecule has 0 spiro atoms. The fraction of sp³-hybridized carbons (Fsp3) is 0.250. The lowest BCUT2D eigenvalue weighted by Crippen LogP contribution is -2.26. The number of carbonyl (C=O) groups is 1. The van der Waals surface area contributed by atoms with Crippen LogP contribution in [-0.2, 0) is 11.2 Å². The normalized spacial score (nSPS) is 13.2. The van der Waals surface area contributed by atoms with Crippen LogP contribution < -0.4 is 14.4 Å². The van der Waals surface area contributed by atoms with Gasteiger partial charge in [-0.2, -0.15) is 0 Å². The molecule has 0 radical (unpaired) electrons. The third kappa shape index (κ3) is 3.27. The average molecular weight is 323 g/mol. The van der Waals surface area contributed by atoms with Crippen LogP contribution in [0, 0.1) is 0 Å². The minimum Gasteiger partial charge on any atom is -0.493 e. The predicted molar refractivity (Wildman–Crippen MR) is 95.7 cm³/mol. The third-order valence-corrected chi connectivity index (χ3v) is 4.06. The van der Waals surface area contributed by atoms with Crippen LogP contribution in [0.3, 0.4) is 0 Å². The molecular formula is C20H21NO3. The number of amides is 1. The van der Waals surface area contributed by atoms with Gasteiger partial charge >= 0.3 is 0 Å². The van der Waals surface area contributed by atoms with Gasteiger partial charge in [0, 0.05) is 18.3 Å². The molecule has 2 aromatic rings. The summed E-state index contributed by atoms with van der Waals surface area (Å²) in [6.45, 7) is 3.22. The molecule has 3 rings (SSSR count). The number of anilines is 1. The Morgan fingerprint density at radius 3 is 2.83 bits per heavy atom. The Labute approximate surface area is 142 Å². The number of fused-ring (bicyclic) bond motifs is 1. The summed E-state index contributed by atoms with van der Waals surface area (Å²) >= 11 is 0. The third-order valence-electron chi connectivity index (χ3n) is 4.06. The standard InChI is InChI=1S/C20H21NO3/c1-3-24-19-14-15(8-10-18(19)23-2)9-11-20(22)21-13-12-16-6-4-5-7-17(16)21/h4-11,14H,3,12-13H2,1-2H3/b11-9+. The Kier molecular flexibility index (Phi) is 4.85. The number of hydrogen-bond acceptors (Lipinski definition) is 3. The van der Waals surface area contributed by atoms with Crippen molar-refractivity contribution >= 4 is 17.7 Å². The second-order valence-electron chi connectivity index (χ2n) is 5.55. The summed E-state index contributed by atoms with van der Waals surface area (Å²) in [7, 11) is 1.61. The first kappa shape index (κ1) is 16.1. The summed E-state index contributed by atoms with van der Waals surface area (Å²) in [4.78, 5) is 14.3. The summed E-state index contributed by atoms with van der Waals surface area (Å²) in [5.41, 5.74) is 3.14. The quantitative estimate of drug-likeness (QED) is 0.788. The van der Waals surface area contributed by atoms with Gasteiger partial charge in [0.05, 0.1) is 13.7 Å². The van der Waals surface area contributed by atoms with E-state index in [4.69, 9.17) is 9.47 Å². The highest BCUT2D eigenvalue weighted by Crippen LogP contribution is 2.29. The molecule has 4 nitrogen and oxygen atoms in total. The van der Waals surface area contributed by atoms with Gasteiger partial charge in [-0.15, -0.1) is 0 Å². The lowest BCUT2D eigenvalue weighted by molar-refractivity contribution is -0.114. The van der Waals surface area contributed by atoms with Crippen LogP contribution in [0.2, 0.25) is 0 Å². The molecule has 24 heavy (non-hydrogen) atoms. The van der Waals surface area contributed by atoms with Gasteiger partial charge in [-0.05, 0) is 48.7 Å². The molecule has 0 saturated carbocycles. The molecule has 4 heteroatoms. The molecule has 0 unspecified atom stereocenters. The lowest BCUT2D eigenvalue weighted by Gasteiger charge is -2.15. The van der Waals surface area contributed by atoms with Crippen LogP contribution in [0.1, 0.15) is 18.1 Å². The van der Waals surface area contributed by atoms with Crippen molar-refractivity contribution in [3.8, 4) is 11.5 Å². The van der Waals surface area contributed by atoms with E-state index in [9.17, 15) is 4.79 Å². The summed E-state index contributed by atoms with van der Waals surface area (Å²) < 4.78 is 10.8. The Morgan fingerprint density at radius 2 is 2.04 bits per heavy atom. The molecule has 0 atom stereocenters. The van der Waals surface area contributed by atoms with E-state index in [0.717, 1.165) is 24.2 Å². The molecule has 1 amide bonds. The van der Waals surface area contributed by atoms with Gasteiger partial charge in [0.2, 0.25) is 0 Å². The van der Waals surface area contributed by atoms with Gasteiger partial charge in [-0.3, -0.25) is 4.79 Å². The fourth-order valence-corrected chi connectivity index (χ4v) is 2.89. The monoisotopic (exact) mass is 323 g/mol. The zero-order valence-corrected chi connectivity index (χ0v) is 14.0. The molecule has 0 N–H and O–H groups in total. The van der Waals surface area contributed by atoms with Crippen molar-refractivity contribution in [3.05, 3.63) is 59.7 Å². The molecule has 0 aromatic heterocycles. The highest BCUT2D eigenvalue weighted by Gasteiger charge is 2.22. The first-order chi connectivity index (χ1) is 11.7. The number of hydrogen-bond donors (Lipinski definition) is 0. The molecule has 1 aliphatic rings. The van der Waals surface area contributed by atoms with Crippen LogP contribution in [0.4, 0.5) is 5.69 Å². The largest absolute Gasteiger partial charge is 0.493 e. The molecule has 1 heterocycles.